The van der Waals surface area contributed by atoms with Gasteiger partial charge in [-0.3, -0.25) is 4.79 Å². The summed E-state index contributed by atoms with van der Waals surface area (Å²) in [4.78, 5) is 11.4. The van der Waals surface area contributed by atoms with Crippen LogP contribution in [0.25, 0.3) is 0 Å². The number of nitrogens with two attached hydrogens (primary N) is 1. The van der Waals surface area contributed by atoms with Crippen molar-refractivity contribution in [2.75, 3.05) is 5.32 Å². The molecule has 2 aromatic rings. The standard InChI is InChI=1S/C19H22N2O/c1-2-16(13-6-4-3-5-7-13)19(20)15-8-10-17-14(12-15)9-11-18(22)21-17/h3-8,10,12,16,19H,2,9,11,20H2,1H3,(H,21,22). The number of aryl methyl sites for hydroxylation is 1. The van der Waals surface area contributed by atoms with Crippen LogP contribution in [0.1, 0.15) is 48.4 Å². The summed E-state index contributed by atoms with van der Waals surface area (Å²) in [5.74, 6) is 0.401. The number of carbonyl (C=O) groups is 1. The molecule has 0 aromatic heterocycles. The molecule has 0 saturated heterocycles. The molecule has 0 aliphatic carbocycles. The predicted molar refractivity (Wildman–Crippen MR) is 89.8 cm³/mol. The average Bonchev–Trinajstić information content (AvgIpc) is 2.56. The van der Waals surface area contributed by atoms with Crippen molar-refractivity contribution in [3.05, 3.63) is 65.2 Å². The highest BCUT2D eigenvalue weighted by atomic mass is 16.1. The summed E-state index contributed by atoms with van der Waals surface area (Å²) in [6.45, 7) is 2.18. The minimum atomic E-state index is -0.0321. The topological polar surface area (TPSA) is 55.1 Å². The Morgan fingerprint density at radius 3 is 2.59 bits per heavy atom. The first-order chi connectivity index (χ1) is 10.7. The lowest BCUT2D eigenvalue weighted by Gasteiger charge is -2.25. The zero-order chi connectivity index (χ0) is 15.5. The number of nitrogens with one attached hydrogen (secondary N) is 1. The molecule has 3 heteroatoms. The minimum absolute atomic E-state index is 0.0321. The summed E-state index contributed by atoms with van der Waals surface area (Å²) in [5.41, 5.74) is 11.1. The first-order valence-corrected chi connectivity index (χ1v) is 7.92. The third kappa shape index (κ3) is 2.90. The third-order valence-electron chi connectivity index (χ3n) is 4.51. The van der Waals surface area contributed by atoms with Crippen molar-refractivity contribution >= 4 is 11.6 Å². The summed E-state index contributed by atoms with van der Waals surface area (Å²) in [6.07, 6.45) is 2.35. The molecule has 1 aliphatic heterocycles. The van der Waals surface area contributed by atoms with Crippen molar-refractivity contribution in [3.63, 3.8) is 0 Å². The van der Waals surface area contributed by atoms with Crippen LogP contribution in [0.15, 0.2) is 48.5 Å². The van der Waals surface area contributed by atoms with E-state index in [-0.39, 0.29) is 11.9 Å². The maximum atomic E-state index is 11.4. The Morgan fingerprint density at radius 1 is 1.09 bits per heavy atom. The summed E-state index contributed by atoms with van der Waals surface area (Å²) in [5, 5.41) is 2.92. The van der Waals surface area contributed by atoms with Crippen molar-refractivity contribution in [1.29, 1.82) is 0 Å². The largest absolute Gasteiger partial charge is 0.326 e. The van der Waals surface area contributed by atoms with Crippen LogP contribution in [0, 0.1) is 0 Å². The number of rotatable bonds is 4. The molecule has 0 saturated carbocycles. The Balaban J connectivity index is 1.88. The lowest BCUT2D eigenvalue weighted by atomic mass is 9.84. The molecule has 2 aromatic carbocycles. The molecule has 114 valence electrons. The van der Waals surface area contributed by atoms with Crippen LogP contribution in [0.3, 0.4) is 0 Å². The summed E-state index contributed by atoms with van der Waals surface area (Å²) in [6, 6.07) is 16.6. The van der Waals surface area contributed by atoms with Gasteiger partial charge in [0.2, 0.25) is 5.91 Å². The van der Waals surface area contributed by atoms with Gasteiger partial charge in [-0.05, 0) is 35.6 Å². The molecule has 3 rings (SSSR count). The van der Waals surface area contributed by atoms with Crippen molar-refractivity contribution in [3.8, 4) is 0 Å². The Kier molecular flexibility index (Phi) is 4.25. The SMILES string of the molecule is CCC(c1ccccc1)C(N)c1ccc2c(c1)CCC(=O)N2. The quantitative estimate of drug-likeness (QED) is 0.902. The van der Waals surface area contributed by atoms with E-state index in [1.165, 1.54) is 11.1 Å². The van der Waals surface area contributed by atoms with E-state index in [9.17, 15) is 4.79 Å². The molecular weight excluding hydrogens is 272 g/mol. The van der Waals surface area contributed by atoms with E-state index in [4.69, 9.17) is 5.73 Å². The Hall–Kier alpha value is -2.13. The maximum Gasteiger partial charge on any atom is 0.224 e. The molecule has 22 heavy (non-hydrogen) atoms. The van der Waals surface area contributed by atoms with Crippen LogP contribution in [-0.2, 0) is 11.2 Å². The molecule has 1 aliphatic rings. The van der Waals surface area contributed by atoms with Gasteiger partial charge in [-0.15, -0.1) is 0 Å². The first-order valence-electron chi connectivity index (χ1n) is 7.92. The molecule has 0 spiro atoms. The van der Waals surface area contributed by atoms with Gasteiger partial charge >= 0.3 is 0 Å². The molecule has 0 radical (unpaired) electrons. The number of hydrogen-bond acceptors (Lipinski definition) is 2. The van der Waals surface area contributed by atoms with Gasteiger partial charge in [0.15, 0.2) is 0 Å². The molecule has 3 nitrogen and oxygen atoms in total. The van der Waals surface area contributed by atoms with Gasteiger partial charge in [0, 0.05) is 24.1 Å². The van der Waals surface area contributed by atoms with Crippen LogP contribution >= 0.6 is 0 Å². The number of carbonyl (C=O) groups excluding carboxylic acids is 1. The van der Waals surface area contributed by atoms with E-state index < -0.39 is 0 Å². The highest BCUT2D eigenvalue weighted by Gasteiger charge is 2.22. The second kappa shape index (κ2) is 6.32. The fraction of sp³-hybridized carbons (Fsp3) is 0.316. The Morgan fingerprint density at radius 2 is 1.86 bits per heavy atom. The molecule has 3 N–H and O–H groups in total. The smallest absolute Gasteiger partial charge is 0.224 e. The minimum Gasteiger partial charge on any atom is -0.326 e. The average molecular weight is 294 g/mol. The predicted octanol–water partition coefficient (Wildman–Crippen LogP) is 3.76. The summed E-state index contributed by atoms with van der Waals surface area (Å²) in [7, 11) is 0. The highest BCUT2D eigenvalue weighted by Crippen LogP contribution is 2.34. The van der Waals surface area contributed by atoms with Crippen molar-refractivity contribution in [2.24, 2.45) is 5.73 Å². The van der Waals surface area contributed by atoms with Gasteiger partial charge in [-0.2, -0.15) is 0 Å². The van der Waals surface area contributed by atoms with Crippen LogP contribution in [0.5, 0.6) is 0 Å². The van der Waals surface area contributed by atoms with Crippen molar-refractivity contribution in [1.82, 2.24) is 0 Å². The number of anilines is 1. The molecular formula is C19H22N2O. The zero-order valence-electron chi connectivity index (χ0n) is 12.9. The van der Waals surface area contributed by atoms with Crippen molar-refractivity contribution < 1.29 is 4.79 Å². The normalized spacial score (nSPS) is 16.5. The lowest BCUT2D eigenvalue weighted by molar-refractivity contribution is -0.116. The maximum absolute atomic E-state index is 11.4. The summed E-state index contributed by atoms with van der Waals surface area (Å²) < 4.78 is 0. The van der Waals surface area contributed by atoms with Crippen molar-refractivity contribution in [2.45, 2.75) is 38.1 Å². The second-order valence-electron chi connectivity index (χ2n) is 5.92. The van der Waals surface area contributed by atoms with Gasteiger partial charge in [-0.1, -0.05) is 49.4 Å². The van der Waals surface area contributed by atoms with E-state index in [1.54, 1.807) is 0 Å². The van der Waals surface area contributed by atoms with E-state index in [1.807, 2.05) is 18.2 Å². The van der Waals surface area contributed by atoms with E-state index in [2.05, 4.69) is 42.6 Å². The third-order valence-corrected chi connectivity index (χ3v) is 4.51. The number of amides is 1. The van der Waals surface area contributed by atoms with E-state index >= 15 is 0 Å². The Bertz CT molecular complexity index is 666. The number of hydrogen-bond donors (Lipinski definition) is 2. The monoisotopic (exact) mass is 294 g/mol. The van der Waals surface area contributed by atoms with Crippen LogP contribution in [-0.4, -0.2) is 5.91 Å². The molecule has 0 bridgehead atoms. The molecule has 1 heterocycles. The van der Waals surface area contributed by atoms with Gasteiger partial charge in [0.25, 0.3) is 0 Å². The van der Waals surface area contributed by atoms with Crippen LogP contribution in [0.4, 0.5) is 5.69 Å². The van der Waals surface area contributed by atoms with E-state index in [0.717, 1.165) is 24.1 Å². The molecule has 2 atom stereocenters. The molecule has 1 amide bonds. The van der Waals surface area contributed by atoms with Gasteiger partial charge < -0.3 is 11.1 Å². The highest BCUT2D eigenvalue weighted by molar-refractivity contribution is 5.93. The van der Waals surface area contributed by atoms with Gasteiger partial charge in [-0.25, -0.2) is 0 Å². The fourth-order valence-electron chi connectivity index (χ4n) is 3.24. The number of fused-ring (bicyclic) bond motifs is 1. The zero-order valence-corrected chi connectivity index (χ0v) is 12.9. The Labute approximate surface area is 131 Å². The first kappa shape index (κ1) is 14.8. The lowest BCUT2D eigenvalue weighted by Crippen LogP contribution is -2.22. The fourth-order valence-corrected chi connectivity index (χ4v) is 3.24. The molecule has 2 unspecified atom stereocenters. The second-order valence-corrected chi connectivity index (χ2v) is 5.92. The van der Waals surface area contributed by atoms with E-state index in [0.29, 0.717) is 12.3 Å². The van der Waals surface area contributed by atoms with Crippen LogP contribution < -0.4 is 11.1 Å². The van der Waals surface area contributed by atoms with Gasteiger partial charge in [0.1, 0.15) is 0 Å². The number of benzene rings is 2. The summed E-state index contributed by atoms with van der Waals surface area (Å²) >= 11 is 0. The molecule has 0 fully saturated rings. The van der Waals surface area contributed by atoms with Gasteiger partial charge in [0.05, 0.1) is 0 Å². The van der Waals surface area contributed by atoms with Crippen LogP contribution in [0.2, 0.25) is 0 Å².